The van der Waals surface area contributed by atoms with Crippen LogP contribution < -0.4 is 16.3 Å². The molecule has 1 saturated heterocycles. The van der Waals surface area contributed by atoms with E-state index in [1.165, 1.54) is 9.08 Å². The molecular weight excluding hydrogens is 282 g/mol. The zero-order chi connectivity index (χ0) is 15.4. The lowest BCUT2D eigenvalue weighted by Crippen LogP contribution is -2.38. The van der Waals surface area contributed by atoms with Gasteiger partial charge in [-0.1, -0.05) is 6.07 Å². The maximum absolute atomic E-state index is 12.1. The summed E-state index contributed by atoms with van der Waals surface area (Å²) >= 11 is 0. The molecule has 1 fully saturated rings. The highest BCUT2D eigenvalue weighted by atomic mass is 16.2. The van der Waals surface area contributed by atoms with Gasteiger partial charge in [0.05, 0.1) is 6.54 Å². The lowest BCUT2D eigenvalue weighted by Gasteiger charge is -2.22. The minimum atomic E-state index is -0.208. The van der Waals surface area contributed by atoms with Crippen molar-refractivity contribution in [2.75, 3.05) is 19.6 Å². The molecule has 7 nitrogen and oxygen atoms in total. The molecule has 1 aliphatic heterocycles. The van der Waals surface area contributed by atoms with Crippen molar-refractivity contribution in [2.45, 2.75) is 25.8 Å². The Kier molecular flexibility index (Phi) is 4.53. The van der Waals surface area contributed by atoms with Crippen LogP contribution in [0.25, 0.3) is 5.65 Å². The van der Waals surface area contributed by atoms with Crippen LogP contribution >= 0.6 is 0 Å². The first-order valence-electron chi connectivity index (χ1n) is 7.75. The number of amides is 1. The molecule has 2 aromatic heterocycles. The number of aryl methyl sites for hydroxylation is 1. The first kappa shape index (κ1) is 14.8. The molecule has 0 aliphatic carbocycles. The van der Waals surface area contributed by atoms with Crippen LogP contribution in [0.4, 0.5) is 0 Å². The third-order valence-corrected chi connectivity index (χ3v) is 4.03. The van der Waals surface area contributed by atoms with E-state index >= 15 is 0 Å². The number of rotatable bonds is 5. The summed E-state index contributed by atoms with van der Waals surface area (Å²) in [5, 5.41) is 10.5. The molecule has 3 heterocycles. The van der Waals surface area contributed by atoms with Gasteiger partial charge in [0.15, 0.2) is 5.65 Å². The monoisotopic (exact) mass is 303 g/mol. The molecule has 118 valence electrons. The third kappa shape index (κ3) is 3.36. The van der Waals surface area contributed by atoms with E-state index in [2.05, 4.69) is 15.7 Å². The van der Waals surface area contributed by atoms with Crippen molar-refractivity contribution in [1.82, 2.24) is 24.8 Å². The van der Waals surface area contributed by atoms with Gasteiger partial charge in [0.2, 0.25) is 5.91 Å². The van der Waals surface area contributed by atoms with Crippen molar-refractivity contribution in [3.05, 3.63) is 34.9 Å². The number of nitrogens with zero attached hydrogens (tertiary/aromatic N) is 3. The van der Waals surface area contributed by atoms with Gasteiger partial charge in [0, 0.05) is 19.2 Å². The molecule has 0 bridgehead atoms. The van der Waals surface area contributed by atoms with E-state index < -0.39 is 0 Å². The predicted molar refractivity (Wildman–Crippen MR) is 82.7 cm³/mol. The Labute approximate surface area is 128 Å². The molecule has 0 aromatic carbocycles. The zero-order valence-electron chi connectivity index (χ0n) is 12.5. The van der Waals surface area contributed by atoms with E-state index in [-0.39, 0.29) is 18.0 Å². The van der Waals surface area contributed by atoms with Gasteiger partial charge < -0.3 is 10.6 Å². The maximum Gasteiger partial charge on any atom is 0.350 e. The highest BCUT2D eigenvalue weighted by molar-refractivity contribution is 5.75. The van der Waals surface area contributed by atoms with Gasteiger partial charge in [-0.3, -0.25) is 9.20 Å². The van der Waals surface area contributed by atoms with E-state index in [1.54, 1.807) is 18.3 Å². The summed E-state index contributed by atoms with van der Waals surface area (Å²) in [5.74, 6) is 0.477. The third-order valence-electron chi connectivity index (χ3n) is 4.03. The van der Waals surface area contributed by atoms with E-state index in [0.717, 1.165) is 25.9 Å². The fourth-order valence-corrected chi connectivity index (χ4v) is 2.77. The Morgan fingerprint density at radius 2 is 2.36 bits per heavy atom. The van der Waals surface area contributed by atoms with Crippen LogP contribution in [0.3, 0.4) is 0 Å². The molecule has 0 radical (unpaired) electrons. The van der Waals surface area contributed by atoms with Crippen molar-refractivity contribution in [2.24, 2.45) is 5.92 Å². The summed E-state index contributed by atoms with van der Waals surface area (Å²) in [5.41, 5.74) is 0.390. The van der Waals surface area contributed by atoms with Crippen LogP contribution in [0.15, 0.2) is 29.2 Å². The van der Waals surface area contributed by atoms with Crippen molar-refractivity contribution >= 4 is 11.6 Å². The zero-order valence-corrected chi connectivity index (χ0v) is 12.5. The molecule has 1 unspecified atom stereocenters. The normalized spacial score (nSPS) is 18.5. The summed E-state index contributed by atoms with van der Waals surface area (Å²) in [6.45, 7) is 3.04. The van der Waals surface area contributed by atoms with Gasteiger partial charge in [-0.05, 0) is 44.0 Å². The first-order chi connectivity index (χ1) is 10.7. The molecule has 2 N–H and O–H groups in total. The topological polar surface area (TPSA) is 80.4 Å². The van der Waals surface area contributed by atoms with E-state index in [9.17, 15) is 9.59 Å². The second-order valence-electron chi connectivity index (χ2n) is 5.70. The highest BCUT2D eigenvalue weighted by Gasteiger charge is 2.14. The van der Waals surface area contributed by atoms with Gasteiger partial charge in [-0.15, -0.1) is 5.10 Å². The second kappa shape index (κ2) is 6.74. The van der Waals surface area contributed by atoms with Gasteiger partial charge in [0.25, 0.3) is 0 Å². The second-order valence-corrected chi connectivity index (χ2v) is 5.70. The smallest absolute Gasteiger partial charge is 0.350 e. The largest absolute Gasteiger partial charge is 0.356 e. The lowest BCUT2D eigenvalue weighted by molar-refractivity contribution is -0.121. The number of pyridine rings is 1. The number of fused-ring (bicyclic) bond motifs is 1. The van der Waals surface area contributed by atoms with Gasteiger partial charge in [0.1, 0.15) is 0 Å². The van der Waals surface area contributed by atoms with Crippen LogP contribution in [0.2, 0.25) is 0 Å². The van der Waals surface area contributed by atoms with Gasteiger partial charge >= 0.3 is 5.69 Å². The highest BCUT2D eigenvalue weighted by Crippen LogP contribution is 2.08. The Morgan fingerprint density at radius 3 is 3.14 bits per heavy atom. The summed E-state index contributed by atoms with van der Waals surface area (Å²) < 4.78 is 2.82. The van der Waals surface area contributed by atoms with Crippen LogP contribution in [0.5, 0.6) is 0 Å². The molecule has 1 atom stereocenters. The average Bonchev–Trinajstić information content (AvgIpc) is 2.88. The molecule has 0 saturated carbocycles. The number of piperidine rings is 1. The standard InChI is InChI=1S/C15H21N5O2/c21-14(17-11-12-4-3-7-16-10-12)6-9-20-15(22)19-8-2-1-5-13(19)18-20/h1-2,5,8,12,16H,3-4,6-7,9-11H2,(H,17,21). The SMILES string of the molecule is O=C(CCn1nc2ccccn2c1=O)NCC1CCCNC1. The maximum atomic E-state index is 12.1. The van der Waals surface area contributed by atoms with Gasteiger partial charge in [-0.2, -0.15) is 0 Å². The minimum absolute atomic E-state index is 0.0328. The summed E-state index contributed by atoms with van der Waals surface area (Å²) in [7, 11) is 0. The number of hydrogen-bond acceptors (Lipinski definition) is 4. The van der Waals surface area contributed by atoms with E-state index in [4.69, 9.17) is 0 Å². The Bertz CT molecular complexity index is 699. The summed E-state index contributed by atoms with van der Waals surface area (Å²) in [6.07, 6.45) is 4.26. The van der Waals surface area contributed by atoms with Crippen molar-refractivity contribution in [3.63, 3.8) is 0 Å². The van der Waals surface area contributed by atoms with Crippen LogP contribution in [0.1, 0.15) is 19.3 Å². The predicted octanol–water partition coefficient (Wildman–Crippen LogP) is 0.00190. The molecule has 0 spiro atoms. The van der Waals surface area contributed by atoms with Crippen LogP contribution in [-0.2, 0) is 11.3 Å². The number of nitrogens with one attached hydrogen (secondary N) is 2. The molecule has 7 heteroatoms. The van der Waals surface area contributed by atoms with Crippen LogP contribution in [-0.4, -0.2) is 39.7 Å². The number of aromatic nitrogens is 3. The Balaban J connectivity index is 1.51. The summed E-state index contributed by atoms with van der Waals surface area (Å²) in [6, 6.07) is 5.39. The van der Waals surface area contributed by atoms with Crippen LogP contribution in [0, 0.1) is 5.92 Å². The molecule has 2 aromatic rings. The fraction of sp³-hybridized carbons (Fsp3) is 0.533. The van der Waals surface area contributed by atoms with Crippen molar-refractivity contribution in [1.29, 1.82) is 0 Å². The molecule has 3 rings (SSSR count). The fourth-order valence-electron chi connectivity index (χ4n) is 2.77. The molecular formula is C15H21N5O2. The number of carbonyl (C=O) groups excluding carboxylic acids is 1. The quantitative estimate of drug-likeness (QED) is 0.815. The Hall–Kier alpha value is -2.15. The number of hydrogen-bond donors (Lipinski definition) is 2. The number of carbonyl (C=O) groups is 1. The van der Waals surface area contributed by atoms with E-state index in [0.29, 0.717) is 24.7 Å². The lowest BCUT2D eigenvalue weighted by atomic mass is 10.00. The van der Waals surface area contributed by atoms with Gasteiger partial charge in [-0.25, -0.2) is 9.48 Å². The average molecular weight is 303 g/mol. The van der Waals surface area contributed by atoms with E-state index in [1.807, 2.05) is 6.07 Å². The van der Waals surface area contributed by atoms with Crippen molar-refractivity contribution in [3.8, 4) is 0 Å². The summed E-state index contributed by atoms with van der Waals surface area (Å²) in [4.78, 5) is 24.0. The first-order valence-corrected chi connectivity index (χ1v) is 7.75. The molecule has 1 amide bonds. The van der Waals surface area contributed by atoms with Crippen molar-refractivity contribution < 1.29 is 4.79 Å². The minimum Gasteiger partial charge on any atom is -0.356 e. The molecule has 1 aliphatic rings. The Morgan fingerprint density at radius 1 is 1.45 bits per heavy atom. The molecule has 22 heavy (non-hydrogen) atoms.